The van der Waals surface area contributed by atoms with Gasteiger partial charge in [-0.05, 0) is 51.3 Å². The van der Waals surface area contributed by atoms with E-state index in [1.807, 2.05) is 39.8 Å². The fourth-order valence-corrected chi connectivity index (χ4v) is 3.84. The number of anilines is 1. The lowest BCUT2D eigenvalue weighted by Crippen LogP contribution is -3.20. The summed E-state index contributed by atoms with van der Waals surface area (Å²) in [6.07, 6.45) is 1.02. The molecule has 1 saturated heterocycles. The van der Waals surface area contributed by atoms with E-state index in [4.69, 9.17) is 0 Å². The Morgan fingerprint density at radius 3 is 2.24 bits per heavy atom. The number of rotatable bonds is 6. The van der Waals surface area contributed by atoms with E-state index in [2.05, 4.69) is 36.6 Å². The molecule has 1 fully saturated rings. The maximum atomic E-state index is 12.8. The zero-order chi connectivity index (χ0) is 21.6. The Balaban J connectivity index is 1.85. The van der Waals surface area contributed by atoms with Crippen LogP contribution >= 0.6 is 0 Å². The van der Waals surface area contributed by atoms with Gasteiger partial charge in [-0.15, -0.1) is 0 Å². The highest BCUT2D eigenvalue weighted by Gasteiger charge is 2.30. The van der Waals surface area contributed by atoms with E-state index in [-0.39, 0.29) is 23.4 Å². The smallest absolute Gasteiger partial charge is 0.282 e. The fraction of sp³-hybridized carbons (Fsp3) is 0.652. The molecule has 0 radical (unpaired) electrons. The van der Waals surface area contributed by atoms with Crippen LogP contribution in [0, 0.1) is 0 Å². The molecule has 2 rings (SSSR count). The van der Waals surface area contributed by atoms with Gasteiger partial charge in [-0.2, -0.15) is 0 Å². The topological polar surface area (TPSA) is 67.1 Å². The number of carbonyl (C=O) groups is 2. The van der Waals surface area contributed by atoms with Crippen LogP contribution in [0.4, 0.5) is 5.69 Å². The molecular weight excluding hydrogens is 364 g/mol. The Bertz CT molecular complexity index is 679. The highest BCUT2D eigenvalue weighted by molar-refractivity contribution is 5.93. The summed E-state index contributed by atoms with van der Waals surface area (Å²) in [5.74, 6) is 0.647. The van der Waals surface area contributed by atoms with Gasteiger partial charge in [0, 0.05) is 17.6 Å². The quantitative estimate of drug-likeness (QED) is 0.548. The highest BCUT2D eigenvalue weighted by atomic mass is 16.2. The summed E-state index contributed by atoms with van der Waals surface area (Å²) in [5, 5.41) is 6.11. The average molecular weight is 405 g/mol. The van der Waals surface area contributed by atoms with Gasteiger partial charge < -0.3 is 20.4 Å². The molecule has 4 N–H and O–H groups in total. The molecule has 0 bridgehead atoms. The number of amides is 2. The first-order valence-corrected chi connectivity index (χ1v) is 10.9. The first-order chi connectivity index (χ1) is 13.5. The number of nitrogens with one attached hydrogen (secondary N) is 4. The molecule has 1 aliphatic rings. The van der Waals surface area contributed by atoms with Crippen molar-refractivity contribution in [3.63, 3.8) is 0 Å². The summed E-state index contributed by atoms with van der Waals surface area (Å²) in [4.78, 5) is 27.6. The number of quaternary nitrogens is 2. The molecule has 2 amide bonds. The van der Waals surface area contributed by atoms with Crippen molar-refractivity contribution in [1.82, 2.24) is 5.32 Å². The second-order valence-corrected chi connectivity index (χ2v) is 9.72. The first kappa shape index (κ1) is 23.4. The van der Waals surface area contributed by atoms with E-state index in [0.717, 1.165) is 38.3 Å². The van der Waals surface area contributed by atoms with Gasteiger partial charge in [0.2, 0.25) is 0 Å². The van der Waals surface area contributed by atoms with E-state index >= 15 is 0 Å². The molecule has 29 heavy (non-hydrogen) atoms. The number of carbonyl (C=O) groups excluding carboxylic acids is 2. The molecule has 1 aromatic carbocycles. The van der Waals surface area contributed by atoms with Gasteiger partial charge >= 0.3 is 0 Å². The normalized spacial score (nSPS) is 21.3. The third-order valence-corrected chi connectivity index (χ3v) is 5.60. The van der Waals surface area contributed by atoms with Gasteiger partial charge in [-0.25, -0.2) is 0 Å². The molecule has 3 atom stereocenters. The summed E-state index contributed by atoms with van der Waals surface area (Å²) < 4.78 is 0. The largest absolute Gasteiger partial charge is 0.347 e. The molecular formula is C23H40N4O2+2. The highest BCUT2D eigenvalue weighted by Crippen LogP contribution is 2.17. The molecule has 1 aromatic rings. The van der Waals surface area contributed by atoms with E-state index < -0.39 is 0 Å². The zero-order valence-electron chi connectivity index (χ0n) is 19.0. The SMILES string of the molecule is CC(C)c1ccc(NC(=O)[C@H](C)[NH+]2CCC[NH+](CC(=O)NC(C)(C)C)CC2)cc1. The van der Waals surface area contributed by atoms with Crippen molar-refractivity contribution < 1.29 is 19.4 Å². The van der Waals surface area contributed by atoms with Crippen molar-refractivity contribution in [2.45, 2.75) is 65.5 Å². The number of hydrogen-bond acceptors (Lipinski definition) is 2. The third-order valence-electron chi connectivity index (χ3n) is 5.60. The van der Waals surface area contributed by atoms with E-state index in [9.17, 15) is 9.59 Å². The maximum Gasteiger partial charge on any atom is 0.282 e. The molecule has 162 valence electrons. The van der Waals surface area contributed by atoms with Crippen molar-refractivity contribution in [1.29, 1.82) is 0 Å². The van der Waals surface area contributed by atoms with E-state index in [0.29, 0.717) is 12.5 Å². The van der Waals surface area contributed by atoms with Crippen molar-refractivity contribution in [3.05, 3.63) is 29.8 Å². The molecule has 0 aliphatic carbocycles. The molecule has 6 heteroatoms. The van der Waals surface area contributed by atoms with Crippen LogP contribution in [0.2, 0.25) is 0 Å². The van der Waals surface area contributed by atoms with Crippen molar-refractivity contribution in [3.8, 4) is 0 Å². The summed E-state index contributed by atoms with van der Waals surface area (Å²) >= 11 is 0. The minimum Gasteiger partial charge on any atom is -0.347 e. The minimum atomic E-state index is -0.195. The first-order valence-electron chi connectivity index (χ1n) is 10.9. The van der Waals surface area contributed by atoms with Crippen LogP contribution in [0.1, 0.15) is 59.4 Å². The van der Waals surface area contributed by atoms with Crippen LogP contribution in [-0.2, 0) is 9.59 Å². The summed E-state index contributed by atoms with van der Waals surface area (Å²) in [6, 6.07) is 8.01. The molecule has 0 aromatic heterocycles. The average Bonchev–Trinajstić information content (AvgIpc) is 2.85. The lowest BCUT2D eigenvalue weighted by atomic mass is 10.0. The molecule has 0 spiro atoms. The van der Waals surface area contributed by atoms with Gasteiger partial charge in [-0.3, -0.25) is 9.59 Å². The van der Waals surface area contributed by atoms with Crippen molar-refractivity contribution >= 4 is 17.5 Å². The maximum absolute atomic E-state index is 12.8. The molecule has 1 heterocycles. The van der Waals surface area contributed by atoms with Crippen LogP contribution in [0.5, 0.6) is 0 Å². The second-order valence-electron chi connectivity index (χ2n) is 9.72. The van der Waals surface area contributed by atoms with Crippen molar-refractivity contribution in [2.24, 2.45) is 0 Å². The Morgan fingerprint density at radius 1 is 1.00 bits per heavy atom. The monoisotopic (exact) mass is 404 g/mol. The van der Waals surface area contributed by atoms with Gasteiger partial charge in [0.25, 0.3) is 11.8 Å². The lowest BCUT2D eigenvalue weighted by Gasteiger charge is -2.24. The van der Waals surface area contributed by atoms with E-state index in [1.165, 1.54) is 15.4 Å². The van der Waals surface area contributed by atoms with Crippen LogP contribution in [-0.4, -0.2) is 56.1 Å². The standard InChI is InChI=1S/C23H38N4O2/c1-17(2)19-8-10-20(11-9-19)24-22(29)18(3)27-13-7-12-26(14-15-27)16-21(28)25-23(4,5)6/h8-11,17-18H,7,12-16H2,1-6H3,(H,24,29)(H,25,28)/p+2/t18-/m0/s1. The lowest BCUT2D eigenvalue weighted by molar-refractivity contribution is -0.942. The molecule has 6 nitrogen and oxygen atoms in total. The third kappa shape index (κ3) is 7.78. The predicted octanol–water partition coefficient (Wildman–Crippen LogP) is 0.225. The minimum absolute atomic E-state index is 0.0613. The summed E-state index contributed by atoms with van der Waals surface area (Å²) in [6.45, 7) is 16.6. The van der Waals surface area contributed by atoms with Gasteiger partial charge in [0.1, 0.15) is 13.1 Å². The molecule has 0 saturated carbocycles. The van der Waals surface area contributed by atoms with E-state index in [1.54, 1.807) is 0 Å². The Labute approximate surface area is 176 Å². The Kier molecular flexibility index (Phi) is 8.23. The van der Waals surface area contributed by atoms with Crippen LogP contribution in [0.3, 0.4) is 0 Å². The van der Waals surface area contributed by atoms with Crippen LogP contribution in [0.25, 0.3) is 0 Å². The Hall–Kier alpha value is -1.92. The zero-order valence-corrected chi connectivity index (χ0v) is 19.0. The van der Waals surface area contributed by atoms with Gasteiger partial charge in [0.15, 0.2) is 12.6 Å². The summed E-state index contributed by atoms with van der Waals surface area (Å²) in [7, 11) is 0. The second kappa shape index (κ2) is 10.2. The van der Waals surface area contributed by atoms with Gasteiger partial charge in [-0.1, -0.05) is 26.0 Å². The molecule has 2 unspecified atom stereocenters. The summed E-state index contributed by atoms with van der Waals surface area (Å²) in [5.41, 5.74) is 1.93. The molecule has 1 aliphatic heterocycles. The predicted molar refractivity (Wildman–Crippen MR) is 117 cm³/mol. The van der Waals surface area contributed by atoms with Crippen molar-refractivity contribution in [2.75, 3.05) is 38.0 Å². The van der Waals surface area contributed by atoms with Gasteiger partial charge in [0.05, 0.1) is 13.1 Å². The Morgan fingerprint density at radius 2 is 1.66 bits per heavy atom. The number of benzene rings is 1. The van der Waals surface area contributed by atoms with Crippen LogP contribution in [0.15, 0.2) is 24.3 Å². The number of hydrogen-bond donors (Lipinski definition) is 4. The van der Waals surface area contributed by atoms with Crippen LogP contribution < -0.4 is 20.4 Å². The fourth-order valence-electron chi connectivity index (χ4n) is 3.84.